The molecule has 2 aromatic heterocycles. The fraction of sp³-hybridized carbons (Fsp3) is 0.143. The van der Waals surface area contributed by atoms with Crippen LogP contribution in [0.2, 0.25) is 0 Å². The van der Waals surface area contributed by atoms with Gasteiger partial charge in [-0.2, -0.15) is 5.10 Å². The molecular weight excluding hydrogens is 406 g/mol. The average Bonchev–Trinajstić information content (AvgIpc) is 3.32. The molecule has 6 heteroatoms. The molecule has 1 aliphatic heterocycles. The van der Waals surface area contributed by atoms with Gasteiger partial charge in [-0.1, -0.05) is 35.0 Å². The maximum Gasteiger partial charge on any atom is 0.231 e. The molecule has 1 aliphatic rings. The van der Waals surface area contributed by atoms with Gasteiger partial charge < -0.3 is 9.47 Å². The molecule has 134 valence electrons. The average molecular weight is 422 g/mol. The monoisotopic (exact) mass is 421 g/mol. The standard InChI is InChI=1S/C21H16BrN3O2/c1-2-16-20(13-3-6-15(22)7-4-13)21-23-10-9-17(25(21)24-16)14-5-8-18-19(11-14)27-12-26-18/h3-11H,2,12H2,1H3. The molecule has 0 saturated heterocycles. The Morgan fingerprint density at radius 3 is 2.59 bits per heavy atom. The van der Waals surface area contributed by atoms with Crippen molar-refractivity contribution in [2.24, 2.45) is 0 Å². The number of hydrogen-bond acceptors (Lipinski definition) is 4. The van der Waals surface area contributed by atoms with E-state index >= 15 is 0 Å². The number of aromatic nitrogens is 3. The summed E-state index contributed by atoms with van der Waals surface area (Å²) >= 11 is 3.50. The van der Waals surface area contributed by atoms with Gasteiger partial charge in [0.2, 0.25) is 6.79 Å². The van der Waals surface area contributed by atoms with Crippen molar-refractivity contribution in [1.82, 2.24) is 14.6 Å². The van der Waals surface area contributed by atoms with E-state index in [9.17, 15) is 0 Å². The minimum atomic E-state index is 0.264. The summed E-state index contributed by atoms with van der Waals surface area (Å²) in [7, 11) is 0. The molecule has 0 unspecified atom stereocenters. The van der Waals surface area contributed by atoms with E-state index in [2.05, 4.69) is 40.0 Å². The first-order valence-corrected chi connectivity index (χ1v) is 9.56. The van der Waals surface area contributed by atoms with E-state index in [0.717, 1.165) is 56.1 Å². The van der Waals surface area contributed by atoms with Crippen LogP contribution in [-0.2, 0) is 6.42 Å². The zero-order valence-corrected chi connectivity index (χ0v) is 16.2. The molecule has 0 amide bonds. The molecule has 3 heterocycles. The second-order valence-corrected chi connectivity index (χ2v) is 7.23. The van der Waals surface area contributed by atoms with Gasteiger partial charge in [-0.3, -0.25) is 0 Å². The fourth-order valence-electron chi connectivity index (χ4n) is 3.42. The topological polar surface area (TPSA) is 48.7 Å². The summed E-state index contributed by atoms with van der Waals surface area (Å²) in [5, 5.41) is 4.87. The van der Waals surface area contributed by atoms with Crippen LogP contribution in [0.5, 0.6) is 11.5 Å². The lowest BCUT2D eigenvalue weighted by Gasteiger charge is -2.06. The quantitative estimate of drug-likeness (QED) is 0.460. The zero-order chi connectivity index (χ0) is 18.4. The van der Waals surface area contributed by atoms with Gasteiger partial charge in [0, 0.05) is 21.8 Å². The van der Waals surface area contributed by atoms with Crippen LogP contribution in [0.4, 0.5) is 0 Å². The second kappa shape index (κ2) is 6.39. The smallest absolute Gasteiger partial charge is 0.231 e. The van der Waals surface area contributed by atoms with Gasteiger partial charge in [0.05, 0.1) is 11.4 Å². The SMILES string of the molecule is CCc1nn2c(-c3ccc4c(c3)OCO4)ccnc2c1-c1ccc(Br)cc1. The minimum absolute atomic E-state index is 0.264. The van der Waals surface area contributed by atoms with Crippen molar-refractivity contribution >= 4 is 21.6 Å². The maximum absolute atomic E-state index is 5.53. The third-order valence-corrected chi connectivity index (χ3v) is 5.26. The molecule has 0 spiro atoms. The number of halogens is 1. The van der Waals surface area contributed by atoms with Gasteiger partial charge in [-0.05, 0) is 48.4 Å². The van der Waals surface area contributed by atoms with E-state index in [1.54, 1.807) is 0 Å². The largest absolute Gasteiger partial charge is 0.454 e. The van der Waals surface area contributed by atoms with Crippen LogP contribution in [0.15, 0.2) is 59.2 Å². The molecule has 2 aromatic carbocycles. The Morgan fingerprint density at radius 1 is 1.00 bits per heavy atom. The van der Waals surface area contributed by atoms with Crippen LogP contribution in [0.3, 0.4) is 0 Å². The Morgan fingerprint density at radius 2 is 1.78 bits per heavy atom. The Hall–Kier alpha value is -2.86. The lowest BCUT2D eigenvalue weighted by molar-refractivity contribution is 0.174. The van der Waals surface area contributed by atoms with Crippen LogP contribution in [-0.4, -0.2) is 21.4 Å². The highest BCUT2D eigenvalue weighted by Crippen LogP contribution is 2.37. The van der Waals surface area contributed by atoms with Crippen LogP contribution < -0.4 is 9.47 Å². The van der Waals surface area contributed by atoms with Gasteiger partial charge >= 0.3 is 0 Å². The van der Waals surface area contributed by atoms with E-state index in [-0.39, 0.29) is 6.79 Å². The van der Waals surface area contributed by atoms with E-state index in [4.69, 9.17) is 14.6 Å². The molecule has 5 nitrogen and oxygen atoms in total. The first-order valence-electron chi connectivity index (χ1n) is 8.77. The molecule has 0 radical (unpaired) electrons. The van der Waals surface area contributed by atoms with Crippen LogP contribution >= 0.6 is 15.9 Å². The third-order valence-electron chi connectivity index (χ3n) is 4.73. The molecule has 0 saturated carbocycles. The Bertz CT molecular complexity index is 1150. The fourth-order valence-corrected chi connectivity index (χ4v) is 3.69. The van der Waals surface area contributed by atoms with Crippen molar-refractivity contribution < 1.29 is 9.47 Å². The predicted molar refractivity (Wildman–Crippen MR) is 107 cm³/mol. The molecule has 5 rings (SSSR count). The van der Waals surface area contributed by atoms with Gasteiger partial charge in [-0.25, -0.2) is 9.50 Å². The van der Waals surface area contributed by atoms with E-state index < -0.39 is 0 Å². The van der Waals surface area contributed by atoms with E-state index in [0.29, 0.717) is 0 Å². The van der Waals surface area contributed by atoms with Gasteiger partial charge in [0.25, 0.3) is 0 Å². The molecule has 27 heavy (non-hydrogen) atoms. The summed E-state index contributed by atoms with van der Waals surface area (Å²) < 4.78 is 13.9. The van der Waals surface area contributed by atoms with E-state index in [1.165, 1.54) is 0 Å². The maximum atomic E-state index is 5.53. The number of hydrogen-bond donors (Lipinski definition) is 0. The number of aryl methyl sites for hydroxylation is 1. The van der Waals surface area contributed by atoms with Gasteiger partial charge in [-0.15, -0.1) is 0 Å². The predicted octanol–water partition coefficient (Wildman–Crippen LogP) is 5.12. The molecule has 0 bridgehead atoms. The molecule has 0 N–H and O–H groups in total. The Balaban J connectivity index is 1.73. The number of nitrogens with zero attached hydrogens (tertiary/aromatic N) is 3. The van der Waals surface area contributed by atoms with Crippen molar-refractivity contribution in [3.8, 4) is 33.9 Å². The van der Waals surface area contributed by atoms with Crippen molar-refractivity contribution in [3.63, 3.8) is 0 Å². The zero-order valence-electron chi connectivity index (χ0n) is 14.6. The molecule has 4 aromatic rings. The summed E-state index contributed by atoms with van der Waals surface area (Å²) in [6, 6.07) is 16.2. The molecule has 0 fully saturated rings. The highest BCUT2D eigenvalue weighted by Gasteiger charge is 2.19. The molecular formula is C21H16BrN3O2. The number of fused-ring (bicyclic) bond motifs is 2. The van der Waals surface area contributed by atoms with Crippen LogP contribution in [0.25, 0.3) is 28.0 Å². The summed E-state index contributed by atoms with van der Waals surface area (Å²) in [6.07, 6.45) is 2.66. The first-order chi connectivity index (χ1) is 13.2. The van der Waals surface area contributed by atoms with Crippen molar-refractivity contribution in [2.45, 2.75) is 13.3 Å². The highest BCUT2D eigenvalue weighted by molar-refractivity contribution is 9.10. The second-order valence-electron chi connectivity index (χ2n) is 6.32. The number of ether oxygens (including phenoxy) is 2. The number of rotatable bonds is 3. The van der Waals surface area contributed by atoms with Gasteiger partial charge in [0.1, 0.15) is 0 Å². The lowest BCUT2D eigenvalue weighted by atomic mass is 10.0. The summed E-state index contributed by atoms with van der Waals surface area (Å²) in [6.45, 7) is 2.38. The minimum Gasteiger partial charge on any atom is -0.454 e. The van der Waals surface area contributed by atoms with Crippen molar-refractivity contribution in [2.75, 3.05) is 6.79 Å². The Labute approximate surface area is 164 Å². The molecule has 0 atom stereocenters. The van der Waals surface area contributed by atoms with Crippen LogP contribution in [0, 0.1) is 0 Å². The third kappa shape index (κ3) is 2.68. The van der Waals surface area contributed by atoms with Crippen molar-refractivity contribution in [1.29, 1.82) is 0 Å². The summed E-state index contributed by atoms with van der Waals surface area (Å²) in [5.41, 5.74) is 6.05. The van der Waals surface area contributed by atoms with E-state index in [1.807, 2.05) is 47.1 Å². The molecule has 0 aliphatic carbocycles. The number of benzene rings is 2. The summed E-state index contributed by atoms with van der Waals surface area (Å²) in [4.78, 5) is 4.64. The Kier molecular flexibility index (Phi) is 3.86. The highest BCUT2D eigenvalue weighted by atomic mass is 79.9. The van der Waals surface area contributed by atoms with Crippen molar-refractivity contribution in [3.05, 3.63) is 64.9 Å². The summed E-state index contributed by atoms with van der Waals surface area (Å²) in [5.74, 6) is 1.53. The van der Waals surface area contributed by atoms with Gasteiger partial charge in [0.15, 0.2) is 17.1 Å². The normalized spacial score (nSPS) is 12.7. The first kappa shape index (κ1) is 16.3. The lowest BCUT2D eigenvalue weighted by Crippen LogP contribution is -1.96. The van der Waals surface area contributed by atoms with Crippen LogP contribution in [0.1, 0.15) is 12.6 Å².